The molecule has 1 aromatic carbocycles. The maximum absolute atomic E-state index is 12.4. The number of amides is 2. The van der Waals surface area contributed by atoms with E-state index in [0.29, 0.717) is 0 Å². The molecule has 8 heteroatoms. The molecule has 2 amide bonds. The summed E-state index contributed by atoms with van der Waals surface area (Å²) in [6.45, 7) is 8.02. The average molecular weight is 380 g/mol. The van der Waals surface area contributed by atoms with E-state index in [2.05, 4.69) is 10.6 Å². The quantitative estimate of drug-likeness (QED) is 0.636. The van der Waals surface area contributed by atoms with E-state index in [1.807, 2.05) is 30.3 Å². The van der Waals surface area contributed by atoms with Gasteiger partial charge in [0, 0.05) is 0 Å². The van der Waals surface area contributed by atoms with Crippen LogP contribution in [0.5, 0.6) is 0 Å². The SMILES string of the molecule is CC(C)(C)OC(=O)NC(C)(C)C(=O)NC(COCc1ccccc1)C(=O)O. The minimum Gasteiger partial charge on any atom is -0.480 e. The van der Waals surface area contributed by atoms with Gasteiger partial charge in [0.25, 0.3) is 0 Å². The zero-order valence-electron chi connectivity index (χ0n) is 16.4. The Labute approximate surface area is 159 Å². The molecular formula is C19H28N2O6. The Hall–Kier alpha value is -2.61. The molecule has 0 spiro atoms. The first-order chi connectivity index (χ1) is 12.4. The highest BCUT2D eigenvalue weighted by molar-refractivity contribution is 5.92. The van der Waals surface area contributed by atoms with Crippen molar-refractivity contribution in [2.45, 2.75) is 58.4 Å². The Bertz CT molecular complexity index is 652. The Balaban J connectivity index is 2.60. The van der Waals surface area contributed by atoms with Gasteiger partial charge in [0.15, 0.2) is 6.04 Å². The summed E-state index contributed by atoms with van der Waals surface area (Å²) in [6.07, 6.45) is -0.769. The van der Waals surface area contributed by atoms with Gasteiger partial charge in [-0.3, -0.25) is 4.79 Å². The third kappa shape index (κ3) is 8.54. The van der Waals surface area contributed by atoms with Crippen LogP contribution in [0.4, 0.5) is 4.79 Å². The van der Waals surface area contributed by atoms with Gasteiger partial charge in [0.05, 0.1) is 13.2 Å². The van der Waals surface area contributed by atoms with E-state index in [0.717, 1.165) is 5.56 Å². The minimum absolute atomic E-state index is 0.210. The van der Waals surface area contributed by atoms with Crippen LogP contribution >= 0.6 is 0 Å². The van der Waals surface area contributed by atoms with Crippen LogP contribution < -0.4 is 10.6 Å². The number of rotatable bonds is 8. The summed E-state index contributed by atoms with van der Waals surface area (Å²) in [7, 11) is 0. The second kappa shape index (κ2) is 9.36. The van der Waals surface area contributed by atoms with Gasteiger partial charge in [-0.05, 0) is 40.2 Å². The Morgan fingerprint density at radius 2 is 1.67 bits per heavy atom. The summed E-state index contributed by atoms with van der Waals surface area (Å²) < 4.78 is 10.5. The Morgan fingerprint density at radius 1 is 1.07 bits per heavy atom. The predicted octanol–water partition coefficient (Wildman–Crippen LogP) is 2.08. The van der Waals surface area contributed by atoms with Crippen LogP contribution in [-0.2, 0) is 25.7 Å². The lowest BCUT2D eigenvalue weighted by atomic mass is 10.0. The molecule has 27 heavy (non-hydrogen) atoms. The average Bonchev–Trinajstić information content (AvgIpc) is 2.52. The molecule has 0 heterocycles. The van der Waals surface area contributed by atoms with Crippen LogP contribution in [0, 0.1) is 0 Å². The number of carboxylic acid groups (broad SMARTS) is 1. The van der Waals surface area contributed by atoms with Crippen molar-refractivity contribution in [3.05, 3.63) is 35.9 Å². The number of carbonyl (C=O) groups excluding carboxylic acids is 2. The lowest BCUT2D eigenvalue weighted by Gasteiger charge is -2.28. The first-order valence-corrected chi connectivity index (χ1v) is 8.57. The molecule has 0 aliphatic carbocycles. The highest BCUT2D eigenvalue weighted by Crippen LogP contribution is 2.10. The second-order valence-corrected chi connectivity index (χ2v) is 7.62. The molecule has 0 fully saturated rings. The number of nitrogens with one attached hydrogen (secondary N) is 2. The zero-order valence-corrected chi connectivity index (χ0v) is 16.4. The van der Waals surface area contributed by atoms with E-state index in [1.165, 1.54) is 13.8 Å². The Kier molecular flexibility index (Phi) is 7.78. The third-order valence-corrected chi connectivity index (χ3v) is 3.38. The van der Waals surface area contributed by atoms with Crippen LogP contribution in [0.1, 0.15) is 40.2 Å². The fourth-order valence-corrected chi connectivity index (χ4v) is 2.00. The highest BCUT2D eigenvalue weighted by Gasteiger charge is 2.34. The zero-order chi connectivity index (χ0) is 20.7. The first-order valence-electron chi connectivity index (χ1n) is 8.57. The first kappa shape index (κ1) is 22.4. The van der Waals surface area contributed by atoms with Gasteiger partial charge in [-0.2, -0.15) is 0 Å². The monoisotopic (exact) mass is 380 g/mol. The molecule has 1 atom stereocenters. The summed E-state index contributed by atoms with van der Waals surface area (Å²) in [5, 5.41) is 14.1. The molecule has 0 aromatic heterocycles. The molecule has 150 valence electrons. The summed E-state index contributed by atoms with van der Waals surface area (Å²) in [5.41, 5.74) is -1.19. The van der Waals surface area contributed by atoms with Gasteiger partial charge in [-0.15, -0.1) is 0 Å². The molecule has 0 bridgehead atoms. The van der Waals surface area contributed by atoms with Gasteiger partial charge < -0.3 is 25.2 Å². The highest BCUT2D eigenvalue weighted by atomic mass is 16.6. The van der Waals surface area contributed by atoms with Crippen molar-refractivity contribution in [2.24, 2.45) is 0 Å². The van der Waals surface area contributed by atoms with Gasteiger partial charge in [-0.25, -0.2) is 9.59 Å². The van der Waals surface area contributed by atoms with E-state index >= 15 is 0 Å². The van der Waals surface area contributed by atoms with Crippen LogP contribution in [-0.4, -0.2) is 46.9 Å². The van der Waals surface area contributed by atoms with Crippen molar-refractivity contribution in [3.8, 4) is 0 Å². The molecular weight excluding hydrogens is 352 g/mol. The van der Waals surface area contributed by atoms with E-state index in [9.17, 15) is 19.5 Å². The molecule has 1 unspecified atom stereocenters. The summed E-state index contributed by atoms with van der Waals surface area (Å²) in [4.78, 5) is 35.7. The number of alkyl carbamates (subject to hydrolysis) is 1. The van der Waals surface area contributed by atoms with Crippen molar-refractivity contribution in [1.82, 2.24) is 10.6 Å². The molecule has 1 aromatic rings. The molecule has 0 saturated carbocycles. The van der Waals surface area contributed by atoms with Crippen LogP contribution in [0.25, 0.3) is 0 Å². The van der Waals surface area contributed by atoms with Gasteiger partial charge >= 0.3 is 12.1 Å². The summed E-state index contributed by atoms with van der Waals surface area (Å²) in [5.74, 6) is -1.89. The number of aliphatic carboxylic acids is 1. The standard InChI is InChI=1S/C19H28N2O6/c1-18(2,3)27-17(25)21-19(4,5)16(24)20-14(15(22)23)12-26-11-13-9-7-6-8-10-13/h6-10,14H,11-12H2,1-5H3,(H,20,24)(H,21,25)(H,22,23). The van der Waals surface area contributed by atoms with Gasteiger partial charge in [-0.1, -0.05) is 30.3 Å². The van der Waals surface area contributed by atoms with Crippen molar-refractivity contribution >= 4 is 18.0 Å². The van der Waals surface area contributed by atoms with Gasteiger partial charge in [0.2, 0.25) is 5.91 Å². The van der Waals surface area contributed by atoms with Crippen molar-refractivity contribution in [3.63, 3.8) is 0 Å². The van der Waals surface area contributed by atoms with Gasteiger partial charge in [0.1, 0.15) is 11.1 Å². The number of carboxylic acids is 1. The summed E-state index contributed by atoms with van der Waals surface area (Å²) in [6, 6.07) is 8.01. The van der Waals surface area contributed by atoms with Crippen molar-refractivity contribution in [2.75, 3.05) is 6.61 Å². The molecule has 1 rings (SSSR count). The predicted molar refractivity (Wildman–Crippen MR) is 99.1 cm³/mol. The maximum atomic E-state index is 12.4. The lowest BCUT2D eigenvalue weighted by Crippen LogP contribution is -2.59. The number of benzene rings is 1. The van der Waals surface area contributed by atoms with E-state index in [1.54, 1.807) is 20.8 Å². The summed E-state index contributed by atoms with van der Waals surface area (Å²) >= 11 is 0. The third-order valence-electron chi connectivity index (χ3n) is 3.38. The normalized spacial score (nSPS) is 12.8. The molecule has 0 radical (unpaired) electrons. The number of hydrogen-bond donors (Lipinski definition) is 3. The van der Waals surface area contributed by atoms with E-state index < -0.39 is 35.2 Å². The molecule has 0 saturated heterocycles. The number of carbonyl (C=O) groups is 3. The topological polar surface area (TPSA) is 114 Å². The number of ether oxygens (including phenoxy) is 2. The molecule has 0 aliphatic rings. The number of hydrogen-bond acceptors (Lipinski definition) is 5. The van der Waals surface area contributed by atoms with E-state index in [-0.39, 0.29) is 13.2 Å². The smallest absolute Gasteiger partial charge is 0.408 e. The van der Waals surface area contributed by atoms with Crippen LogP contribution in [0.2, 0.25) is 0 Å². The fraction of sp³-hybridized carbons (Fsp3) is 0.526. The minimum atomic E-state index is -1.37. The molecule has 0 aliphatic heterocycles. The van der Waals surface area contributed by atoms with Crippen molar-refractivity contribution < 1.29 is 29.0 Å². The van der Waals surface area contributed by atoms with Crippen LogP contribution in [0.3, 0.4) is 0 Å². The van der Waals surface area contributed by atoms with Crippen LogP contribution in [0.15, 0.2) is 30.3 Å². The second-order valence-electron chi connectivity index (χ2n) is 7.62. The Morgan fingerprint density at radius 3 is 2.19 bits per heavy atom. The molecule has 3 N–H and O–H groups in total. The lowest BCUT2D eigenvalue weighted by molar-refractivity contribution is -0.144. The van der Waals surface area contributed by atoms with E-state index in [4.69, 9.17) is 9.47 Å². The largest absolute Gasteiger partial charge is 0.480 e. The fourth-order valence-electron chi connectivity index (χ4n) is 2.00. The molecule has 8 nitrogen and oxygen atoms in total. The maximum Gasteiger partial charge on any atom is 0.408 e. The van der Waals surface area contributed by atoms with Crippen molar-refractivity contribution in [1.29, 1.82) is 0 Å².